The van der Waals surface area contributed by atoms with Crippen molar-refractivity contribution < 1.29 is 32.2 Å². The Kier molecular flexibility index (Phi) is 4.78. The lowest BCUT2D eigenvalue weighted by Gasteiger charge is -2.19. The molecule has 3 nitrogen and oxygen atoms in total. The quantitative estimate of drug-likeness (QED) is 0.831. The van der Waals surface area contributed by atoms with E-state index in [0.29, 0.717) is 13.0 Å². The van der Waals surface area contributed by atoms with Gasteiger partial charge in [-0.25, -0.2) is 22.4 Å². The van der Waals surface area contributed by atoms with Crippen molar-refractivity contribution in [3.63, 3.8) is 0 Å². The molecule has 0 bridgehead atoms. The average Bonchev–Trinajstić information content (AvgIpc) is 2.28. The van der Waals surface area contributed by atoms with Gasteiger partial charge in [0.05, 0.1) is 10.0 Å². The van der Waals surface area contributed by atoms with E-state index in [1.807, 2.05) is 0 Å². The fourth-order valence-electron chi connectivity index (χ4n) is 1.27. The number of hydrogen-bond donors (Lipinski definition) is 1. The van der Waals surface area contributed by atoms with Crippen LogP contribution in [0.15, 0.2) is 16.6 Å². The Morgan fingerprint density at radius 1 is 1.53 bits per heavy atom. The second-order valence-corrected chi connectivity index (χ2v) is 4.60. The van der Waals surface area contributed by atoms with Gasteiger partial charge in [-0.2, -0.15) is 0 Å². The van der Waals surface area contributed by atoms with Crippen LogP contribution in [-0.2, 0) is 10.7 Å². The van der Waals surface area contributed by atoms with Crippen LogP contribution in [0.3, 0.4) is 0 Å². The molecule has 1 N–H and O–H groups in total. The highest BCUT2D eigenvalue weighted by molar-refractivity contribution is 9.10. The van der Waals surface area contributed by atoms with Gasteiger partial charge in [0.2, 0.25) is 6.10 Å². The zero-order valence-electron chi connectivity index (χ0n) is 9.59. The number of carbonyl (C=O) groups is 1. The number of alkyl halides is 3. The summed E-state index contributed by atoms with van der Waals surface area (Å²) >= 11 is 2.73. The van der Waals surface area contributed by atoms with E-state index in [0.717, 1.165) is 6.07 Å². The summed E-state index contributed by atoms with van der Waals surface area (Å²) in [7, 11) is 0. The minimum Gasteiger partial charge on any atom is -0.478 e. The smallest absolute Gasteiger partial charge is 0.347 e. The molecule has 0 aliphatic rings. The second kappa shape index (κ2) is 5.77. The standard InChI is InChI=1S/C11H9BrF4O3/c1-11(15,16)5-2-6(12)7(14)3-8(5)19-9(4-13)10(17)18/h2-3,9H,4H2,1H3,(H,17,18). The van der Waals surface area contributed by atoms with Gasteiger partial charge in [0.1, 0.15) is 18.2 Å². The minimum atomic E-state index is -3.40. The van der Waals surface area contributed by atoms with Gasteiger partial charge in [-0.05, 0) is 22.0 Å². The van der Waals surface area contributed by atoms with Crippen molar-refractivity contribution >= 4 is 21.9 Å². The number of benzene rings is 1. The number of aliphatic carboxylic acids is 1. The Hall–Kier alpha value is -1.31. The maximum Gasteiger partial charge on any atom is 0.347 e. The molecule has 19 heavy (non-hydrogen) atoms. The van der Waals surface area contributed by atoms with E-state index < -0.39 is 41.8 Å². The summed E-state index contributed by atoms with van der Waals surface area (Å²) in [6, 6.07) is 1.35. The molecule has 0 amide bonds. The van der Waals surface area contributed by atoms with Crippen LogP contribution in [0.25, 0.3) is 0 Å². The third-order valence-corrected chi connectivity index (χ3v) is 2.79. The van der Waals surface area contributed by atoms with Crippen molar-refractivity contribution in [2.24, 2.45) is 0 Å². The molecule has 0 fully saturated rings. The van der Waals surface area contributed by atoms with Gasteiger partial charge >= 0.3 is 5.97 Å². The molecule has 0 aromatic heterocycles. The summed E-state index contributed by atoms with van der Waals surface area (Å²) in [6.45, 7) is -0.896. The Morgan fingerprint density at radius 2 is 2.11 bits per heavy atom. The normalized spacial score (nSPS) is 13.2. The first-order valence-corrected chi connectivity index (χ1v) is 5.79. The van der Waals surface area contributed by atoms with E-state index in [9.17, 15) is 22.4 Å². The topological polar surface area (TPSA) is 46.5 Å². The van der Waals surface area contributed by atoms with Crippen molar-refractivity contribution in [2.45, 2.75) is 19.0 Å². The molecular formula is C11H9BrF4O3. The van der Waals surface area contributed by atoms with Crippen LogP contribution in [0.1, 0.15) is 12.5 Å². The van der Waals surface area contributed by atoms with Crippen LogP contribution >= 0.6 is 15.9 Å². The van der Waals surface area contributed by atoms with Gasteiger partial charge in [0.15, 0.2) is 0 Å². The molecule has 0 aliphatic carbocycles. The van der Waals surface area contributed by atoms with Gasteiger partial charge in [-0.15, -0.1) is 0 Å². The van der Waals surface area contributed by atoms with E-state index in [1.165, 1.54) is 0 Å². The number of carboxylic acids is 1. The van der Waals surface area contributed by atoms with Crippen molar-refractivity contribution in [1.82, 2.24) is 0 Å². The Morgan fingerprint density at radius 3 is 2.53 bits per heavy atom. The van der Waals surface area contributed by atoms with Crippen molar-refractivity contribution in [3.05, 3.63) is 28.0 Å². The van der Waals surface area contributed by atoms with Crippen molar-refractivity contribution in [3.8, 4) is 5.75 Å². The molecule has 0 aliphatic heterocycles. The van der Waals surface area contributed by atoms with Gasteiger partial charge in [-0.3, -0.25) is 0 Å². The molecule has 1 aromatic carbocycles. The summed E-state index contributed by atoms with van der Waals surface area (Å²) in [4.78, 5) is 10.6. The number of rotatable bonds is 5. The van der Waals surface area contributed by atoms with Crippen LogP contribution in [0.2, 0.25) is 0 Å². The fourth-order valence-corrected chi connectivity index (χ4v) is 1.61. The summed E-state index contributed by atoms with van der Waals surface area (Å²) in [6.07, 6.45) is -1.97. The summed E-state index contributed by atoms with van der Waals surface area (Å²) in [5, 5.41) is 8.60. The van der Waals surface area contributed by atoms with Crippen LogP contribution in [0, 0.1) is 5.82 Å². The number of ether oxygens (including phenoxy) is 1. The van der Waals surface area contributed by atoms with E-state index in [2.05, 4.69) is 20.7 Å². The van der Waals surface area contributed by atoms with Gasteiger partial charge in [0, 0.05) is 13.0 Å². The fraction of sp³-hybridized carbons (Fsp3) is 0.364. The lowest BCUT2D eigenvalue weighted by atomic mass is 10.1. The minimum absolute atomic E-state index is 0.233. The lowest BCUT2D eigenvalue weighted by molar-refractivity contribution is -0.145. The monoisotopic (exact) mass is 344 g/mol. The highest BCUT2D eigenvalue weighted by Gasteiger charge is 2.32. The second-order valence-electron chi connectivity index (χ2n) is 3.75. The number of hydrogen-bond acceptors (Lipinski definition) is 2. The molecule has 1 atom stereocenters. The third-order valence-electron chi connectivity index (χ3n) is 2.18. The first kappa shape index (κ1) is 15.7. The first-order valence-electron chi connectivity index (χ1n) is 4.99. The molecule has 0 saturated heterocycles. The average molecular weight is 345 g/mol. The Labute approximate surface area is 114 Å². The predicted molar refractivity (Wildman–Crippen MR) is 61.7 cm³/mol. The van der Waals surface area contributed by atoms with E-state index in [4.69, 9.17) is 5.11 Å². The predicted octanol–water partition coefficient (Wildman–Crippen LogP) is 3.50. The SMILES string of the molecule is CC(F)(F)c1cc(Br)c(F)cc1OC(CF)C(=O)O. The highest BCUT2D eigenvalue weighted by Crippen LogP contribution is 2.38. The van der Waals surface area contributed by atoms with E-state index >= 15 is 0 Å². The molecule has 106 valence electrons. The van der Waals surface area contributed by atoms with Gasteiger partial charge < -0.3 is 9.84 Å². The van der Waals surface area contributed by atoms with E-state index in [1.54, 1.807) is 0 Å². The zero-order chi connectivity index (χ0) is 14.8. The third kappa shape index (κ3) is 3.82. The first-order chi connectivity index (χ1) is 8.66. The van der Waals surface area contributed by atoms with Gasteiger partial charge in [-0.1, -0.05) is 0 Å². The van der Waals surface area contributed by atoms with Crippen LogP contribution in [0.5, 0.6) is 5.75 Å². The summed E-state index contributed by atoms with van der Waals surface area (Å²) < 4.78 is 56.7. The Bertz CT molecular complexity index is 488. The molecule has 0 saturated carbocycles. The number of halogens is 5. The molecule has 1 rings (SSSR count). The molecule has 0 radical (unpaired) electrons. The van der Waals surface area contributed by atoms with Crippen LogP contribution in [-0.4, -0.2) is 23.9 Å². The molecule has 0 spiro atoms. The molecule has 0 heterocycles. The zero-order valence-corrected chi connectivity index (χ0v) is 11.2. The molecule has 1 aromatic rings. The maximum atomic E-state index is 13.3. The largest absolute Gasteiger partial charge is 0.478 e. The van der Waals surface area contributed by atoms with E-state index in [-0.39, 0.29) is 4.47 Å². The van der Waals surface area contributed by atoms with Crippen LogP contribution in [0.4, 0.5) is 17.6 Å². The van der Waals surface area contributed by atoms with Crippen molar-refractivity contribution in [2.75, 3.05) is 6.67 Å². The molecular weight excluding hydrogens is 336 g/mol. The maximum absolute atomic E-state index is 13.3. The highest BCUT2D eigenvalue weighted by atomic mass is 79.9. The van der Waals surface area contributed by atoms with Crippen LogP contribution < -0.4 is 4.74 Å². The molecule has 8 heteroatoms. The van der Waals surface area contributed by atoms with Gasteiger partial charge in [0.25, 0.3) is 5.92 Å². The van der Waals surface area contributed by atoms with Crippen molar-refractivity contribution in [1.29, 1.82) is 0 Å². The lowest BCUT2D eigenvalue weighted by Crippen LogP contribution is -2.30. The molecule has 1 unspecified atom stereocenters. The Balaban J connectivity index is 3.25. The number of carboxylic acid groups (broad SMARTS) is 1. The summed E-state index contributed by atoms with van der Waals surface area (Å²) in [5.74, 6) is -6.70. The summed E-state index contributed by atoms with van der Waals surface area (Å²) in [5.41, 5.74) is -0.736.